The van der Waals surface area contributed by atoms with Gasteiger partial charge in [0.25, 0.3) is 11.8 Å². The Morgan fingerprint density at radius 3 is 2.40 bits per heavy atom. The van der Waals surface area contributed by atoms with Crippen LogP contribution in [0.5, 0.6) is 5.75 Å². The minimum Gasteiger partial charge on any atom is -0.483 e. The van der Waals surface area contributed by atoms with Crippen LogP contribution in [0.4, 0.5) is 5.69 Å². The standard InChI is InChI=1S/C23H20Cl2N2O3/c1-15-11-12-18(24)22(21(15)25)27-20(28)14-30-19-10-6-5-9-17(19)23(29)26-13-16-7-3-2-4-8-16/h2-12H,13-14H2,1H3,(H,26,29)(H,27,28). The summed E-state index contributed by atoms with van der Waals surface area (Å²) in [5.41, 5.74) is 2.45. The zero-order valence-electron chi connectivity index (χ0n) is 16.2. The number of carbonyl (C=O) groups excluding carboxylic acids is 2. The number of aryl methyl sites for hydroxylation is 1. The predicted molar refractivity (Wildman–Crippen MR) is 119 cm³/mol. The Balaban J connectivity index is 1.63. The number of para-hydroxylation sites is 1. The van der Waals surface area contributed by atoms with Crippen LogP contribution in [-0.4, -0.2) is 18.4 Å². The van der Waals surface area contributed by atoms with Crippen LogP contribution in [0.2, 0.25) is 10.0 Å². The normalized spacial score (nSPS) is 10.4. The molecule has 0 bridgehead atoms. The van der Waals surface area contributed by atoms with Gasteiger partial charge in [0.2, 0.25) is 0 Å². The zero-order valence-corrected chi connectivity index (χ0v) is 17.8. The van der Waals surface area contributed by atoms with Crippen LogP contribution in [0.1, 0.15) is 21.5 Å². The van der Waals surface area contributed by atoms with Crippen LogP contribution in [0.25, 0.3) is 0 Å². The fraction of sp³-hybridized carbons (Fsp3) is 0.130. The van der Waals surface area contributed by atoms with Gasteiger partial charge in [-0.05, 0) is 36.2 Å². The number of benzene rings is 3. The molecule has 0 heterocycles. The third kappa shape index (κ3) is 5.53. The highest BCUT2D eigenvalue weighted by Gasteiger charge is 2.15. The van der Waals surface area contributed by atoms with Gasteiger partial charge in [-0.25, -0.2) is 0 Å². The van der Waals surface area contributed by atoms with Gasteiger partial charge >= 0.3 is 0 Å². The molecule has 3 rings (SSSR count). The Bertz CT molecular complexity index is 1060. The van der Waals surface area contributed by atoms with Crippen LogP contribution in [-0.2, 0) is 11.3 Å². The number of anilines is 1. The molecule has 0 saturated heterocycles. The molecule has 154 valence electrons. The molecule has 5 nitrogen and oxygen atoms in total. The number of hydrogen-bond donors (Lipinski definition) is 2. The van der Waals surface area contributed by atoms with Crippen molar-refractivity contribution < 1.29 is 14.3 Å². The van der Waals surface area contributed by atoms with E-state index >= 15 is 0 Å². The number of hydrogen-bond acceptors (Lipinski definition) is 3. The van der Waals surface area contributed by atoms with Crippen molar-refractivity contribution in [3.63, 3.8) is 0 Å². The first-order valence-electron chi connectivity index (χ1n) is 9.24. The summed E-state index contributed by atoms with van der Waals surface area (Å²) in [6.07, 6.45) is 0. The lowest BCUT2D eigenvalue weighted by Gasteiger charge is -2.13. The smallest absolute Gasteiger partial charge is 0.262 e. The number of amides is 2. The maximum absolute atomic E-state index is 12.6. The summed E-state index contributed by atoms with van der Waals surface area (Å²) in [7, 11) is 0. The highest BCUT2D eigenvalue weighted by Crippen LogP contribution is 2.32. The summed E-state index contributed by atoms with van der Waals surface area (Å²) in [5.74, 6) is -0.428. The van der Waals surface area contributed by atoms with E-state index < -0.39 is 5.91 Å². The molecule has 3 aromatic carbocycles. The molecule has 2 amide bonds. The summed E-state index contributed by atoms with van der Waals surface area (Å²) in [6.45, 7) is 1.90. The second-order valence-electron chi connectivity index (χ2n) is 6.55. The molecule has 0 aromatic heterocycles. The molecular weight excluding hydrogens is 423 g/mol. The van der Waals surface area contributed by atoms with E-state index in [-0.39, 0.29) is 12.5 Å². The first-order chi connectivity index (χ1) is 14.5. The molecule has 0 saturated carbocycles. The van der Waals surface area contributed by atoms with Gasteiger partial charge < -0.3 is 15.4 Å². The van der Waals surface area contributed by atoms with Gasteiger partial charge in [-0.3, -0.25) is 9.59 Å². The van der Waals surface area contributed by atoms with E-state index in [1.807, 2.05) is 37.3 Å². The first kappa shape index (κ1) is 21.7. The lowest BCUT2D eigenvalue weighted by Crippen LogP contribution is -2.25. The van der Waals surface area contributed by atoms with Gasteiger partial charge in [0.05, 0.1) is 21.3 Å². The first-order valence-corrected chi connectivity index (χ1v) is 9.99. The fourth-order valence-electron chi connectivity index (χ4n) is 2.74. The predicted octanol–water partition coefficient (Wildman–Crippen LogP) is 5.25. The number of halogens is 2. The molecule has 7 heteroatoms. The van der Waals surface area contributed by atoms with Crippen molar-refractivity contribution in [3.8, 4) is 5.75 Å². The van der Waals surface area contributed by atoms with Crippen molar-refractivity contribution in [1.29, 1.82) is 0 Å². The third-order valence-electron chi connectivity index (χ3n) is 4.33. The molecule has 3 aromatic rings. The van der Waals surface area contributed by atoms with Crippen LogP contribution >= 0.6 is 23.2 Å². The van der Waals surface area contributed by atoms with E-state index in [9.17, 15) is 9.59 Å². The maximum atomic E-state index is 12.6. The molecule has 0 radical (unpaired) electrons. The van der Waals surface area contributed by atoms with E-state index in [0.29, 0.717) is 33.6 Å². The van der Waals surface area contributed by atoms with Crippen molar-refractivity contribution in [2.24, 2.45) is 0 Å². The molecule has 2 N–H and O–H groups in total. The lowest BCUT2D eigenvalue weighted by atomic mass is 10.1. The molecule has 0 fully saturated rings. The van der Waals surface area contributed by atoms with Crippen LogP contribution in [0.15, 0.2) is 66.7 Å². The molecule has 0 spiro atoms. The SMILES string of the molecule is Cc1ccc(Cl)c(NC(=O)COc2ccccc2C(=O)NCc2ccccc2)c1Cl. The van der Waals surface area contributed by atoms with Crippen molar-refractivity contribution >= 4 is 40.7 Å². The van der Waals surface area contributed by atoms with Gasteiger partial charge in [-0.1, -0.05) is 71.7 Å². The molecule has 0 atom stereocenters. The Kier molecular flexibility index (Phi) is 7.33. The number of carbonyl (C=O) groups is 2. The Labute approximate surface area is 185 Å². The third-order valence-corrected chi connectivity index (χ3v) is 5.14. The monoisotopic (exact) mass is 442 g/mol. The Hall–Kier alpha value is -3.02. The summed E-state index contributed by atoms with van der Waals surface area (Å²) in [5, 5.41) is 6.21. The van der Waals surface area contributed by atoms with Gasteiger partial charge in [0.1, 0.15) is 5.75 Å². The molecule has 0 aliphatic rings. The van der Waals surface area contributed by atoms with Gasteiger partial charge in [0, 0.05) is 6.54 Å². The highest BCUT2D eigenvalue weighted by atomic mass is 35.5. The van der Waals surface area contributed by atoms with Crippen LogP contribution in [0.3, 0.4) is 0 Å². The quantitative estimate of drug-likeness (QED) is 0.524. The summed E-state index contributed by atoms with van der Waals surface area (Å²) < 4.78 is 5.60. The number of ether oxygens (including phenoxy) is 1. The van der Waals surface area contributed by atoms with Crippen LogP contribution < -0.4 is 15.4 Å². The summed E-state index contributed by atoms with van der Waals surface area (Å²) >= 11 is 12.3. The van der Waals surface area contributed by atoms with E-state index in [1.165, 1.54) is 0 Å². The van der Waals surface area contributed by atoms with E-state index in [0.717, 1.165) is 11.1 Å². The lowest BCUT2D eigenvalue weighted by molar-refractivity contribution is -0.118. The fourth-order valence-corrected chi connectivity index (χ4v) is 3.21. The van der Waals surface area contributed by atoms with Gasteiger partial charge in [-0.15, -0.1) is 0 Å². The Morgan fingerprint density at radius 1 is 0.933 bits per heavy atom. The molecular formula is C23H20Cl2N2O3. The number of nitrogens with one attached hydrogen (secondary N) is 2. The van der Waals surface area contributed by atoms with Crippen molar-refractivity contribution in [2.75, 3.05) is 11.9 Å². The average Bonchev–Trinajstić information content (AvgIpc) is 2.77. The zero-order chi connectivity index (χ0) is 21.5. The Morgan fingerprint density at radius 2 is 1.63 bits per heavy atom. The second-order valence-corrected chi connectivity index (χ2v) is 7.34. The number of rotatable bonds is 7. The minimum absolute atomic E-state index is 0.292. The largest absolute Gasteiger partial charge is 0.483 e. The topological polar surface area (TPSA) is 67.4 Å². The summed E-state index contributed by atoms with van der Waals surface area (Å²) in [4.78, 5) is 24.9. The molecule has 0 unspecified atom stereocenters. The van der Waals surface area contributed by atoms with Crippen molar-refractivity contribution in [3.05, 3.63) is 93.5 Å². The maximum Gasteiger partial charge on any atom is 0.262 e. The van der Waals surface area contributed by atoms with Crippen molar-refractivity contribution in [1.82, 2.24) is 5.32 Å². The van der Waals surface area contributed by atoms with E-state index in [1.54, 1.807) is 36.4 Å². The van der Waals surface area contributed by atoms with Crippen molar-refractivity contribution in [2.45, 2.75) is 13.5 Å². The van der Waals surface area contributed by atoms with E-state index in [2.05, 4.69) is 10.6 Å². The summed E-state index contributed by atoms with van der Waals surface area (Å²) in [6, 6.07) is 19.7. The second kappa shape index (κ2) is 10.1. The van der Waals surface area contributed by atoms with E-state index in [4.69, 9.17) is 27.9 Å². The highest BCUT2D eigenvalue weighted by molar-refractivity contribution is 6.40. The van der Waals surface area contributed by atoms with Crippen LogP contribution in [0, 0.1) is 6.92 Å². The average molecular weight is 443 g/mol. The van der Waals surface area contributed by atoms with Gasteiger partial charge in [0.15, 0.2) is 6.61 Å². The molecule has 0 aliphatic heterocycles. The molecule has 30 heavy (non-hydrogen) atoms. The van der Waals surface area contributed by atoms with Gasteiger partial charge in [-0.2, -0.15) is 0 Å². The molecule has 0 aliphatic carbocycles. The minimum atomic E-state index is -0.441.